The molecule has 0 aliphatic heterocycles. The number of rotatable bonds is 5. The SMILES string of the molecule is COc1ccc(COc2cc(F)ccc2[C@H](C)O)cc1Br. The summed E-state index contributed by atoms with van der Waals surface area (Å²) < 4.78 is 24.9. The van der Waals surface area contributed by atoms with Gasteiger partial charge in [0.05, 0.1) is 17.7 Å². The van der Waals surface area contributed by atoms with E-state index in [0.29, 0.717) is 11.3 Å². The quantitative estimate of drug-likeness (QED) is 0.873. The lowest BCUT2D eigenvalue weighted by atomic mass is 10.1. The van der Waals surface area contributed by atoms with Gasteiger partial charge in [-0.25, -0.2) is 4.39 Å². The second-order valence-corrected chi connectivity index (χ2v) is 5.47. The van der Waals surface area contributed by atoms with Gasteiger partial charge >= 0.3 is 0 Å². The topological polar surface area (TPSA) is 38.7 Å². The molecule has 0 aliphatic carbocycles. The molecule has 0 radical (unpaired) electrons. The Bertz CT molecular complexity index is 629. The van der Waals surface area contributed by atoms with Crippen LogP contribution in [0.4, 0.5) is 4.39 Å². The van der Waals surface area contributed by atoms with Crippen molar-refractivity contribution in [1.82, 2.24) is 0 Å². The standard InChI is InChI=1S/C16H16BrFO3/c1-10(19)13-5-4-12(18)8-16(13)21-9-11-3-6-15(20-2)14(17)7-11/h3-8,10,19H,9H2,1-2H3/t10-/m0/s1. The molecule has 0 unspecified atom stereocenters. The molecule has 21 heavy (non-hydrogen) atoms. The van der Waals surface area contributed by atoms with E-state index in [9.17, 15) is 9.50 Å². The van der Waals surface area contributed by atoms with Crippen LogP contribution in [0, 0.1) is 5.82 Å². The molecule has 0 saturated heterocycles. The summed E-state index contributed by atoms with van der Waals surface area (Å²) in [5, 5.41) is 9.68. The molecule has 5 heteroatoms. The van der Waals surface area contributed by atoms with Gasteiger partial charge in [0.1, 0.15) is 23.9 Å². The van der Waals surface area contributed by atoms with Crippen molar-refractivity contribution in [2.45, 2.75) is 19.6 Å². The molecule has 0 bridgehead atoms. The number of aliphatic hydroxyl groups is 1. The highest BCUT2D eigenvalue weighted by Gasteiger charge is 2.11. The van der Waals surface area contributed by atoms with E-state index in [2.05, 4.69) is 15.9 Å². The second kappa shape index (κ2) is 6.91. The molecular formula is C16H16BrFO3. The van der Waals surface area contributed by atoms with Gasteiger partial charge in [-0.05, 0) is 52.7 Å². The monoisotopic (exact) mass is 354 g/mol. The van der Waals surface area contributed by atoms with Crippen molar-refractivity contribution in [3.8, 4) is 11.5 Å². The van der Waals surface area contributed by atoms with Crippen LogP contribution in [0.1, 0.15) is 24.2 Å². The highest BCUT2D eigenvalue weighted by atomic mass is 79.9. The van der Waals surface area contributed by atoms with E-state index in [0.717, 1.165) is 15.8 Å². The van der Waals surface area contributed by atoms with Crippen molar-refractivity contribution in [2.24, 2.45) is 0 Å². The highest BCUT2D eigenvalue weighted by molar-refractivity contribution is 9.10. The van der Waals surface area contributed by atoms with E-state index in [4.69, 9.17) is 9.47 Å². The molecule has 0 saturated carbocycles. The van der Waals surface area contributed by atoms with Crippen LogP contribution < -0.4 is 9.47 Å². The van der Waals surface area contributed by atoms with Crippen molar-refractivity contribution in [2.75, 3.05) is 7.11 Å². The fraction of sp³-hybridized carbons (Fsp3) is 0.250. The zero-order valence-electron chi connectivity index (χ0n) is 11.8. The van der Waals surface area contributed by atoms with E-state index < -0.39 is 11.9 Å². The average Bonchev–Trinajstić information content (AvgIpc) is 2.45. The molecule has 112 valence electrons. The summed E-state index contributed by atoms with van der Waals surface area (Å²) in [6.45, 7) is 1.88. The number of hydrogen-bond donors (Lipinski definition) is 1. The zero-order chi connectivity index (χ0) is 15.4. The Kier molecular flexibility index (Phi) is 5.20. The Morgan fingerprint density at radius 2 is 1.95 bits per heavy atom. The van der Waals surface area contributed by atoms with Crippen molar-refractivity contribution in [3.05, 3.63) is 57.8 Å². The minimum atomic E-state index is -0.719. The van der Waals surface area contributed by atoms with Crippen LogP contribution in [-0.2, 0) is 6.61 Å². The first-order valence-electron chi connectivity index (χ1n) is 6.44. The average molecular weight is 355 g/mol. The highest BCUT2D eigenvalue weighted by Crippen LogP contribution is 2.29. The van der Waals surface area contributed by atoms with Gasteiger partial charge in [0.15, 0.2) is 0 Å². The van der Waals surface area contributed by atoms with Crippen LogP contribution in [0.2, 0.25) is 0 Å². The molecule has 2 aromatic rings. The maximum atomic E-state index is 13.3. The van der Waals surface area contributed by atoms with Crippen molar-refractivity contribution in [3.63, 3.8) is 0 Å². The maximum Gasteiger partial charge on any atom is 0.133 e. The molecule has 0 spiro atoms. The van der Waals surface area contributed by atoms with E-state index in [1.54, 1.807) is 14.0 Å². The first-order chi connectivity index (χ1) is 10.0. The fourth-order valence-corrected chi connectivity index (χ4v) is 2.53. The summed E-state index contributed by atoms with van der Waals surface area (Å²) in [5.74, 6) is 0.677. The predicted molar refractivity (Wildman–Crippen MR) is 82.1 cm³/mol. The van der Waals surface area contributed by atoms with E-state index in [1.165, 1.54) is 18.2 Å². The number of aliphatic hydroxyl groups excluding tert-OH is 1. The summed E-state index contributed by atoms with van der Waals surface area (Å²) in [5.41, 5.74) is 1.47. The first-order valence-corrected chi connectivity index (χ1v) is 7.23. The smallest absolute Gasteiger partial charge is 0.133 e. The molecule has 0 heterocycles. The van der Waals surface area contributed by atoms with E-state index in [1.807, 2.05) is 18.2 Å². The molecule has 3 nitrogen and oxygen atoms in total. The number of hydrogen-bond acceptors (Lipinski definition) is 3. The van der Waals surface area contributed by atoms with Gasteiger partial charge in [-0.1, -0.05) is 6.07 Å². The lowest BCUT2D eigenvalue weighted by Crippen LogP contribution is -2.02. The predicted octanol–water partition coefficient (Wildman–Crippen LogP) is 4.23. The van der Waals surface area contributed by atoms with Gasteiger partial charge in [-0.2, -0.15) is 0 Å². The van der Waals surface area contributed by atoms with Gasteiger partial charge in [0.25, 0.3) is 0 Å². The third-order valence-electron chi connectivity index (χ3n) is 3.04. The lowest BCUT2D eigenvalue weighted by molar-refractivity contribution is 0.190. The summed E-state index contributed by atoms with van der Waals surface area (Å²) in [6, 6.07) is 9.67. The molecule has 1 N–H and O–H groups in total. The zero-order valence-corrected chi connectivity index (χ0v) is 13.4. The lowest BCUT2D eigenvalue weighted by Gasteiger charge is -2.14. The summed E-state index contributed by atoms with van der Waals surface area (Å²) >= 11 is 3.40. The Morgan fingerprint density at radius 1 is 1.19 bits per heavy atom. The normalized spacial score (nSPS) is 12.0. The Hall–Kier alpha value is -1.59. The summed E-state index contributed by atoms with van der Waals surface area (Å²) in [4.78, 5) is 0. The van der Waals surface area contributed by atoms with Gasteiger partial charge in [0.2, 0.25) is 0 Å². The maximum absolute atomic E-state index is 13.3. The minimum absolute atomic E-state index is 0.270. The molecule has 0 aromatic heterocycles. The van der Waals surface area contributed by atoms with Gasteiger partial charge in [0, 0.05) is 11.6 Å². The largest absolute Gasteiger partial charge is 0.496 e. The van der Waals surface area contributed by atoms with Crippen LogP contribution in [0.3, 0.4) is 0 Å². The van der Waals surface area contributed by atoms with Crippen molar-refractivity contribution >= 4 is 15.9 Å². The summed E-state index contributed by atoms with van der Waals surface area (Å²) in [6.07, 6.45) is -0.719. The van der Waals surface area contributed by atoms with E-state index >= 15 is 0 Å². The second-order valence-electron chi connectivity index (χ2n) is 4.62. The van der Waals surface area contributed by atoms with Gasteiger partial charge < -0.3 is 14.6 Å². The Balaban J connectivity index is 2.16. The van der Waals surface area contributed by atoms with Crippen molar-refractivity contribution < 1.29 is 19.0 Å². The Labute approximate surface area is 131 Å². The third-order valence-corrected chi connectivity index (χ3v) is 3.66. The molecular weight excluding hydrogens is 339 g/mol. The molecule has 0 aliphatic rings. The summed E-state index contributed by atoms with van der Waals surface area (Å²) in [7, 11) is 1.60. The molecule has 2 rings (SSSR count). The Morgan fingerprint density at radius 3 is 2.57 bits per heavy atom. The van der Waals surface area contributed by atoms with Crippen LogP contribution >= 0.6 is 15.9 Å². The first kappa shape index (κ1) is 15.8. The minimum Gasteiger partial charge on any atom is -0.496 e. The molecule has 0 fully saturated rings. The molecule has 2 aromatic carbocycles. The van der Waals surface area contributed by atoms with Crippen LogP contribution in [-0.4, -0.2) is 12.2 Å². The van der Waals surface area contributed by atoms with E-state index in [-0.39, 0.29) is 6.61 Å². The molecule has 0 amide bonds. The van der Waals surface area contributed by atoms with Gasteiger partial charge in [-0.3, -0.25) is 0 Å². The van der Waals surface area contributed by atoms with Crippen LogP contribution in [0.25, 0.3) is 0 Å². The fourth-order valence-electron chi connectivity index (χ4n) is 1.94. The molecule has 1 atom stereocenters. The van der Waals surface area contributed by atoms with Crippen molar-refractivity contribution in [1.29, 1.82) is 0 Å². The van der Waals surface area contributed by atoms with Crippen LogP contribution in [0.5, 0.6) is 11.5 Å². The number of ether oxygens (including phenoxy) is 2. The van der Waals surface area contributed by atoms with Gasteiger partial charge in [-0.15, -0.1) is 0 Å². The van der Waals surface area contributed by atoms with Crippen LogP contribution in [0.15, 0.2) is 40.9 Å². The number of halogens is 2. The number of methoxy groups -OCH3 is 1. The third kappa shape index (κ3) is 3.95. The number of benzene rings is 2.